The summed E-state index contributed by atoms with van der Waals surface area (Å²) in [6.45, 7) is 6.30. The predicted octanol–water partition coefficient (Wildman–Crippen LogP) is 3.92. The van der Waals surface area contributed by atoms with Gasteiger partial charge < -0.3 is 9.05 Å². The molecule has 0 fully saturated rings. The molecule has 3 aromatic rings. The van der Waals surface area contributed by atoms with E-state index in [0.29, 0.717) is 23.3 Å². The molecule has 0 saturated heterocycles. The average Bonchev–Trinajstić information content (AvgIpc) is 3.18. The van der Waals surface area contributed by atoms with Crippen LogP contribution < -0.4 is 0 Å². The molecule has 21 heavy (non-hydrogen) atoms. The maximum absolute atomic E-state index is 5.25. The van der Waals surface area contributed by atoms with E-state index >= 15 is 0 Å². The highest BCUT2D eigenvalue weighted by Crippen LogP contribution is 2.26. The lowest BCUT2D eigenvalue weighted by Gasteiger charge is -1.95. The van der Waals surface area contributed by atoms with Gasteiger partial charge in [-0.05, 0) is 6.42 Å². The fourth-order valence-corrected chi connectivity index (χ4v) is 2.68. The SMILES string of the molecule is CCCc1cc(-c2nc(-c3csc(C(C)C)n3)no2)no1. The summed E-state index contributed by atoms with van der Waals surface area (Å²) < 4.78 is 10.5. The Hall–Kier alpha value is -2.02. The summed E-state index contributed by atoms with van der Waals surface area (Å²) in [4.78, 5) is 8.85. The van der Waals surface area contributed by atoms with E-state index in [1.807, 2.05) is 11.4 Å². The minimum Gasteiger partial charge on any atom is -0.361 e. The molecule has 0 aromatic carbocycles. The van der Waals surface area contributed by atoms with E-state index in [9.17, 15) is 0 Å². The molecule has 0 amide bonds. The Morgan fingerprint density at radius 1 is 1.14 bits per heavy atom. The number of aryl methyl sites for hydroxylation is 1. The van der Waals surface area contributed by atoms with Crippen molar-refractivity contribution in [1.82, 2.24) is 20.3 Å². The summed E-state index contributed by atoms with van der Waals surface area (Å²) in [5, 5.41) is 10.9. The summed E-state index contributed by atoms with van der Waals surface area (Å²) in [6, 6.07) is 1.83. The molecule has 0 bridgehead atoms. The van der Waals surface area contributed by atoms with Gasteiger partial charge in [0.1, 0.15) is 11.5 Å². The molecule has 7 heteroatoms. The van der Waals surface area contributed by atoms with Crippen LogP contribution >= 0.6 is 11.3 Å². The fourth-order valence-electron chi connectivity index (χ4n) is 1.87. The largest absolute Gasteiger partial charge is 0.361 e. The van der Waals surface area contributed by atoms with Gasteiger partial charge in [0.05, 0.1) is 5.01 Å². The zero-order valence-corrected chi connectivity index (χ0v) is 13.0. The van der Waals surface area contributed by atoms with E-state index < -0.39 is 0 Å². The van der Waals surface area contributed by atoms with Crippen molar-refractivity contribution in [2.75, 3.05) is 0 Å². The van der Waals surface area contributed by atoms with Crippen molar-refractivity contribution in [3.8, 4) is 23.1 Å². The first-order chi connectivity index (χ1) is 10.2. The summed E-state index contributed by atoms with van der Waals surface area (Å²) in [5.74, 6) is 2.05. The van der Waals surface area contributed by atoms with Gasteiger partial charge in [0, 0.05) is 23.8 Å². The van der Waals surface area contributed by atoms with Crippen molar-refractivity contribution in [3.63, 3.8) is 0 Å². The molecular weight excluding hydrogens is 288 g/mol. The Labute approximate surface area is 126 Å². The second kappa shape index (κ2) is 5.77. The van der Waals surface area contributed by atoms with Crippen LogP contribution in [-0.4, -0.2) is 20.3 Å². The number of hydrogen-bond donors (Lipinski definition) is 0. The Balaban J connectivity index is 1.84. The molecule has 0 spiro atoms. The highest BCUT2D eigenvalue weighted by atomic mass is 32.1. The first-order valence-corrected chi connectivity index (χ1v) is 7.80. The van der Waals surface area contributed by atoms with E-state index in [1.165, 1.54) is 0 Å². The van der Waals surface area contributed by atoms with E-state index in [4.69, 9.17) is 9.05 Å². The predicted molar refractivity (Wildman–Crippen MR) is 79.0 cm³/mol. The minimum absolute atomic E-state index is 0.357. The van der Waals surface area contributed by atoms with Crippen molar-refractivity contribution in [2.24, 2.45) is 0 Å². The van der Waals surface area contributed by atoms with Crippen LogP contribution in [0.25, 0.3) is 23.1 Å². The van der Waals surface area contributed by atoms with Crippen LogP contribution in [0, 0.1) is 0 Å². The van der Waals surface area contributed by atoms with Gasteiger partial charge in [-0.2, -0.15) is 4.98 Å². The van der Waals surface area contributed by atoms with E-state index in [2.05, 4.69) is 41.1 Å². The maximum Gasteiger partial charge on any atom is 0.280 e. The van der Waals surface area contributed by atoms with E-state index in [1.54, 1.807) is 11.3 Å². The third kappa shape index (κ3) is 2.87. The van der Waals surface area contributed by atoms with Crippen LogP contribution in [0.4, 0.5) is 0 Å². The molecule has 6 nitrogen and oxygen atoms in total. The smallest absolute Gasteiger partial charge is 0.280 e. The third-order valence-corrected chi connectivity index (χ3v) is 4.09. The summed E-state index contributed by atoms with van der Waals surface area (Å²) in [6.07, 6.45) is 1.85. The number of nitrogens with zero attached hydrogens (tertiary/aromatic N) is 4. The summed E-state index contributed by atoms with van der Waals surface area (Å²) in [7, 11) is 0. The van der Waals surface area contributed by atoms with Crippen LogP contribution in [0.2, 0.25) is 0 Å². The van der Waals surface area contributed by atoms with Crippen molar-refractivity contribution >= 4 is 11.3 Å². The molecule has 0 unspecified atom stereocenters. The van der Waals surface area contributed by atoms with Gasteiger partial charge in [-0.1, -0.05) is 31.1 Å². The van der Waals surface area contributed by atoms with Gasteiger partial charge in [-0.15, -0.1) is 11.3 Å². The Morgan fingerprint density at radius 2 is 2.00 bits per heavy atom. The number of hydrogen-bond acceptors (Lipinski definition) is 7. The van der Waals surface area contributed by atoms with Gasteiger partial charge in [0.25, 0.3) is 5.89 Å². The quantitative estimate of drug-likeness (QED) is 0.710. The first kappa shape index (κ1) is 13.9. The Bertz CT molecular complexity index is 729. The highest BCUT2D eigenvalue weighted by Gasteiger charge is 2.17. The number of aromatic nitrogens is 4. The molecule has 0 N–H and O–H groups in total. The van der Waals surface area contributed by atoms with Crippen molar-refractivity contribution in [1.29, 1.82) is 0 Å². The standard InChI is InChI=1S/C14H16N4O2S/c1-4-5-9-6-10(17-19-9)13-16-12(18-20-13)11-7-21-14(15-11)8(2)3/h6-8H,4-5H2,1-3H3. The average molecular weight is 304 g/mol. The monoisotopic (exact) mass is 304 g/mol. The first-order valence-electron chi connectivity index (χ1n) is 6.92. The van der Waals surface area contributed by atoms with E-state index in [-0.39, 0.29) is 0 Å². The molecule has 0 aliphatic rings. The summed E-state index contributed by atoms with van der Waals surface area (Å²) >= 11 is 1.60. The molecule has 3 heterocycles. The lowest BCUT2D eigenvalue weighted by atomic mass is 10.2. The van der Waals surface area contributed by atoms with Gasteiger partial charge in [-0.3, -0.25) is 0 Å². The molecule has 0 saturated carbocycles. The number of thiazole rings is 1. The lowest BCUT2D eigenvalue weighted by molar-refractivity contribution is 0.378. The highest BCUT2D eigenvalue weighted by molar-refractivity contribution is 7.10. The zero-order chi connectivity index (χ0) is 14.8. The third-order valence-electron chi connectivity index (χ3n) is 2.95. The second-order valence-corrected chi connectivity index (χ2v) is 5.97. The topological polar surface area (TPSA) is 77.8 Å². The molecular formula is C14H16N4O2S. The van der Waals surface area contributed by atoms with Crippen LogP contribution in [0.3, 0.4) is 0 Å². The van der Waals surface area contributed by atoms with Crippen molar-refractivity contribution < 1.29 is 9.05 Å². The molecule has 3 rings (SSSR count). The lowest BCUT2D eigenvalue weighted by Crippen LogP contribution is -1.86. The van der Waals surface area contributed by atoms with Gasteiger partial charge in [0.15, 0.2) is 5.69 Å². The van der Waals surface area contributed by atoms with Crippen molar-refractivity contribution in [2.45, 2.75) is 39.5 Å². The molecule has 0 aliphatic carbocycles. The van der Waals surface area contributed by atoms with Crippen LogP contribution in [0.5, 0.6) is 0 Å². The summed E-state index contributed by atoms with van der Waals surface area (Å²) in [5.41, 5.74) is 1.30. The Morgan fingerprint density at radius 3 is 2.71 bits per heavy atom. The molecule has 0 aliphatic heterocycles. The fraction of sp³-hybridized carbons (Fsp3) is 0.429. The van der Waals surface area contributed by atoms with Gasteiger partial charge in [0.2, 0.25) is 5.82 Å². The second-order valence-electron chi connectivity index (χ2n) is 5.08. The normalized spacial score (nSPS) is 11.4. The molecule has 110 valence electrons. The molecule has 0 radical (unpaired) electrons. The molecule has 3 aromatic heterocycles. The van der Waals surface area contributed by atoms with Gasteiger partial charge >= 0.3 is 0 Å². The van der Waals surface area contributed by atoms with Crippen LogP contribution in [-0.2, 0) is 6.42 Å². The van der Waals surface area contributed by atoms with Gasteiger partial charge in [-0.25, -0.2) is 4.98 Å². The van der Waals surface area contributed by atoms with Crippen LogP contribution in [0.1, 0.15) is 43.9 Å². The van der Waals surface area contributed by atoms with Crippen LogP contribution in [0.15, 0.2) is 20.5 Å². The maximum atomic E-state index is 5.25. The van der Waals surface area contributed by atoms with Crippen molar-refractivity contribution in [3.05, 3.63) is 22.2 Å². The molecule has 0 atom stereocenters. The Kier molecular flexibility index (Phi) is 3.83. The number of rotatable bonds is 5. The van der Waals surface area contributed by atoms with E-state index in [0.717, 1.165) is 29.3 Å². The minimum atomic E-state index is 0.357. The zero-order valence-electron chi connectivity index (χ0n) is 12.2.